The van der Waals surface area contributed by atoms with Crippen LogP contribution in [0.1, 0.15) is 37.7 Å². The summed E-state index contributed by atoms with van der Waals surface area (Å²) in [7, 11) is 0. The number of rotatable bonds is 7. The van der Waals surface area contributed by atoms with E-state index in [-0.39, 0.29) is 6.54 Å². The number of carbonyl (C=O) groups excluding carboxylic acids is 2. The Labute approximate surface area is 169 Å². The predicted octanol–water partition coefficient (Wildman–Crippen LogP) is 2.85. The second-order valence-electron chi connectivity index (χ2n) is 8.09. The highest BCUT2D eigenvalue weighted by atomic mass is 19.3. The van der Waals surface area contributed by atoms with Crippen molar-refractivity contribution >= 4 is 11.9 Å². The molecule has 29 heavy (non-hydrogen) atoms. The number of urea groups is 1. The number of hydrogen-bond acceptors (Lipinski definition) is 3. The maximum absolute atomic E-state index is 14.6. The summed E-state index contributed by atoms with van der Waals surface area (Å²) < 4.78 is 29.3. The molecule has 0 radical (unpaired) electrons. The van der Waals surface area contributed by atoms with Gasteiger partial charge in [0.15, 0.2) is 0 Å². The van der Waals surface area contributed by atoms with Crippen molar-refractivity contribution in [2.75, 3.05) is 19.6 Å². The molecule has 1 saturated carbocycles. The number of nitriles is 1. The van der Waals surface area contributed by atoms with Crippen molar-refractivity contribution in [1.82, 2.24) is 15.5 Å². The molecule has 1 atom stereocenters. The van der Waals surface area contributed by atoms with Crippen LogP contribution in [-0.2, 0) is 11.2 Å². The van der Waals surface area contributed by atoms with Crippen molar-refractivity contribution in [3.05, 3.63) is 35.9 Å². The van der Waals surface area contributed by atoms with Gasteiger partial charge in [0.25, 0.3) is 5.92 Å². The summed E-state index contributed by atoms with van der Waals surface area (Å²) in [5.41, 5.74) is 0.828. The number of benzene rings is 1. The van der Waals surface area contributed by atoms with Gasteiger partial charge in [-0.2, -0.15) is 5.26 Å². The molecule has 1 aromatic rings. The number of piperidine rings is 1. The van der Waals surface area contributed by atoms with Crippen LogP contribution in [0.5, 0.6) is 0 Å². The van der Waals surface area contributed by atoms with Gasteiger partial charge in [-0.1, -0.05) is 30.3 Å². The molecule has 2 aliphatic rings. The van der Waals surface area contributed by atoms with E-state index in [1.807, 2.05) is 0 Å². The lowest BCUT2D eigenvalue weighted by molar-refractivity contribution is -0.125. The van der Waals surface area contributed by atoms with Crippen LogP contribution in [-0.4, -0.2) is 48.4 Å². The van der Waals surface area contributed by atoms with E-state index < -0.39 is 36.7 Å². The summed E-state index contributed by atoms with van der Waals surface area (Å²) in [6.45, 7) is 0.833. The Hall–Kier alpha value is -2.69. The standard InChI is InChI=1S/C21H26F2N4O2/c22-21(23,14-16-4-2-1-3-5-16)15-17(18(28)25-11-10-24)26-19(29)27-12-8-20(6-7-20)9-13-27/h1-5,17H,6-9,11-15H2,(H,25,28)(H,26,29)/t17-/m0/s1. The molecule has 8 heteroatoms. The van der Waals surface area contributed by atoms with Crippen molar-refractivity contribution in [2.45, 2.75) is 50.5 Å². The van der Waals surface area contributed by atoms with E-state index in [1.54, 1.807) is 41.3 Å². The van der Waals surface area contributed by atoms with E-state index in [9.17, 15) is 18.4 Å². The van der Waals surface area contributed by atoms with Crippen LogP contribution in [0.25, 0.3) is 0 Å². The molecular formula is C21H26F2N4O2. The SMILES string of the molecule is N#CCNC(=O)[C@H](CC(F)(F)Cc1ccccc1)NC(=O)N1CCC2(CC1)CC2. The molecular weight excluding hydrogens is 378 g/mol. The fourth-order valence-electron chi connectivity index (χ4n) is 3.83. The number of carbonyl (C=O) groups is 2. The summed E-state index contributed by atoms with van der Waals surface area (Å²) in [5.74, 6) is -3.97. The third kappa shape index (κ3) is 5.89. The monoisotopic (exact) mass is 404 g/mol. The molecule has 0 aromatic heterocycles. The van der Waals surface area contributed by atoms with Gasteiger partial charge in [-0.05, 0) is 36.7 Å². The van der Waals surface area contributed by atoms with Crippen LogP contribution in [0.2, 0.25) is 0 Å². The molecule has 1 heterocycles. The van der Waals surface area contributed by atoms with Crippen LogP contribution in [0, 0.1) is 16.7 Å². The van der Waals surface area contributed by atoms with Crippen LogP contribution in [0.15, 0.2) is 30.3 Å². The number of amides is 3. The van der Waals surface area contributed by atoms with E-state index in [2.05, 4.69) is 10.6 Å². The average Bonchev–Trinajstić information content (AvgIpc) is 3.45. The molecule has 1 spiro atoms. The molecule has 1 aliphatic carbocycles. The summed E-state index contributed by atoms with van der Waals surface area (Å²) in [6.07, 6.45) is 2.84. The third-order valence-corrected chi connectivity index (χ3v) is 5.83. The maximum atomic E-state index is 14.6. The third-order valence-electron chi connectivity index (χ3n) is 5.83. The Morgan fingerprint density at radius 2 is 1.83 bits per heavy atom. The first kappa shape index (κ1) is 21.0. The molecule has 1 aliphatic heterocycles. The molecule has 0 bridgehead atoms. The number of nitrogens with one attached hydrogen (secondary N) is 2. The zero-order chi connectivity index (χ0) is 20.9. The van der Waals surface area contributed by atoms with E-state index in [1.165, 1.54) is 12.8 Å². The fourth-order valence-corrected chi connectivity index (χ4v) is 3.83. The molecule has 2 N–H and O–H groups in total. The number of halogens is 2. The minimum Gasteiger partial charge on any atom is -0.341 e. The minimum atomic E-state index is -3.19. The molecule has 3 amide bonds. The second kappa shape index (κ2) is 8.76. The largest absolute Gasteiger partial charge is 0.341 e. The molecule has 1 aromatic carbocycles. The van der Waals surface area contributed by atoms with E-state index in [4.69, 9.17) is 5.26 Å². The molecule has 6 nitrogen and oxygen atoms in total. The Morgan fingerprint density at radius 3 is 2.41 bits per heavy atom. The molecule has 156 valence electrons. The fraction of sp³-hybridized carbons (Fsp3) is 0.571. The van der Waals surface area contributed by atoms with Gasteiger partial charge < -0.3 is 15.5 Å². The summed E-state index contributed by atoms with van der Waals surface area (Å²) in [5, 5.41) is 13.4. The van der Waals surface area contributed by atoms with Gasteiger partial charge in [0.2, 0.25) is 5.91 Å². The molecule has 2 fully saturated rings. The van der Waals surface area contributed by atoms with Crippen LogP contribution in [0.3, 0.4) is 0 Å². The normalized spacial score (nSPS) is 18.6. The van der Waals surface area contributed by atoms with Crippen molar-refractivity contribution in [3.8, 4) is 6.07 Å². The van der Waals surface area contributed by atoms with Crippen molar-refractivity contribution in [2.24, 2.45) is 5.41 Å². The average molecular weight is 404 g/mol. The number of alkyl halides is 2. The Morgan fingerprint density at radius 1 is 1.17 bits per heavy atom. The van der Waals surface area contributed by atoms with Crippen LogP contribution >= 0.6 is 0 Å². The zero-order valence-electron chi connectivity index (χ0n) is 16.3. The van der Waals surface area contributed by atoms with Crippen LogP contribution in [0.4, 0.5) is 13.6 Å². The summed E-state index contributed by atoms with van der Waals surface area (Å²) in [6, 6.07) is 8.11. The molecule has 1 saturated heterocycles. The second-order valence-corrected chi connectivity index (χ2v) is 8.09. The number of likely N-dealkylation sites (tertiary alicyclic amines) is 1. The lowest BCUT2D eigenvalue weighted by Crippen LogP contribution is -2.54. The smallest absolute Gasteiger partial charge is 0.318 e. The van der Waals surface area contributed by atoms with E-state index in [0.717, 1.165) is 12.8 Å². The van der Waals surface area contributed by atoms with Crippen molar-refractivity contribution in [3.63, 3.8) is 0 Å². The van der Waals surface area contributed by atoms with Crippen molar-refractivity contribution in [1.29, 1.82) is 5.26 Å². The maximum Gasteiger partial charge on any atom is 0.318 e. The van der Waals surface area contributed by atoms with Gasteiger partial charge in [0.05, 0.1) is 6.07 Å². The van der Waals surface area contributed by atoms with Gasteiger partial charge in [-0.25, -0.2) is 13.6 Å². The highest BCUT2D eigenvalue weighted by Crippen LogP contribution is 2.53. The highest BCUT2D eigenvalue weighted by molar-refractivity contribution is 5.87. The van der Waals surface area contributed by atoms with E-state index in [0.29, 0.717) is 24.1 Å². The first-order valence-corrected chi connectivity index (χ1v) is 9.94. The number of nitrogens with zero attached hydrogens (tertiary/aromatic N) is 2. The minimum absolute atomic E-state index is 0.304. The Balaban J connectivity index is 1.62. The first-order valence-electron chi connectivity index (χ1n) is 9.94. The molecule has 0 unspecified atom stereocenters. The quantitative estimate of drug-likeness (QED) is 0.686. The Kier molecular flexibility index (Phi) is 6.36. The van der Waals surface area contributed by atoms with Gasteiger partial charge in [-0.15, -0.1) is 0 Å². The van der Waals surface area contributed by atoms with Gasteiger partial charge in [-0.3, -0.25) is 4.79 Å². The van der Waals surface area contributed by atoms with E-state index >= 15 is 0 Å². The van der Waals surface area contributed by atoms with Gasteiger partial charge in [0, 0.05) is 25.9 Å². The lowest BCUT2D eigenvalue weighted by atomic mass is 9.94. The predicted molar refractivity (Wildman–Crippen MR) is 103 cm³/mol. The molecule has 3 rings (SSSR count). The lowest BCUT2D eigenvalue weighted by Gasteiger charge is -2.33. The summed E-state index contributed by atoms with van der Waals surface area (Å²) >= 11 is 0. The van der Waals surface area contributed by atoms with Crippen LogP contribution < -0.4 is 10.6 Å². The Bertz CT molecular complexity index is 765. The highest BCUT2D eigenvalue weighted by Gasteiger charge is 2.45. The van der Waals surface area contributed by atoms with Gasteiger partial charge >= 0.3 is 6.03 Å². The zero-order valence-corrected chi connectivity index (χ0v) is 16.3. The van der Waals surface area contributed by atoms with Crippen molar-refractivity contribution < 1.29 is 18.4 Å². The number of hydrogen-bond donors (Lipinski definition) is 2. The van der Waals surface area contributed by atoms with Gasteiger partial charge in [0.1, 0.15) is 12.6 Å². The first-order chi connectivity index (χ1) is 13.8. The summed E-state index contributed by atoms with van der Waals surface area (Å²) in [4.78, 5) is 26.5. The topological polar surface area (TPSA) is 85.2 Å².